The Balaban J connectivity index is 1.57. The first-order valence-corrected chi connectivity index (χ1v) is 10.8. The van der Waals surface area contributed by atoms with Crippen molar-refractivity contribution in [1.82, 2.24) is 19.9 Å². The lowest BCUT2D eigenvalue weighted by molar-refractivity contribution is 0.726. The molecule has 0 radical (unpaired) electrons. The molecule has 2 fully saturated rings. The van der Waals surface area contributed by atoms with Crippen molar-refractivity contribution in [3.63, 3.8) is 0 Å². The summed E-state index contributed by atoms with van der Waals surface area (Å²) in [4.78, 5) is 22.9. The number of pyridine rings is 1. The standard InChI is InChI=1S/C21H30N8/c1-2-6-13-28(12-5-1)20-24-19(27-23-17-18-10-9-11-22-16-18)25-21(26-20)29-14-7-3-4-8-15-29/h9-11,16-17H,1-8,12-15H2,(H,24,25,26,27). The minimum atomic E-state index is 0.499. The van der Waals surface area contributed by atoms with E-state index in [2.05, 4.69) is 35.3 Å². The van der Waals surface area contributed by atoms with E-state index < -0.39 is 0 Å². The van der Waals surface area contributed by atoms with Gasteiger partial charge >= 0.3 is 0 Å². The molecule has 154 valence electrons. The van der Waals surface area contributed by atoms with Gasteiger partial charge in [0.1, 0.15) is 0 Å². The average Bonchev–Trinajstić information content (AvgIpc) is 3.20. The predicted octanol–water partition coefficient (Wildman–Crippen LogP) is 3.47. The van der Waals surface area contributed by atoms with Gasteiger partial charge in [-0.3, -0.25) is 4.98 Å². The van der Waals surface area contributed by atoms with E-state index >= 15 is 0 Å². The third kappa shape index (κ3) is 5.62. The minimum Gasteiger partial charge on any atom is -0.341 e. The normalized spacial score (nSPS) is 18.5. The Morgan fingerprint density at radius 3 is 1.90 bits per heavy atom. The van der Waals surface area contributed by atoms with E-state index in [0.717, 1.165) is 43.6 Å². The zero-order valence-corrected chi connectivity index (χ0v) is 17.0. The van der Waals surface area contributed by atoms with E-state index in [1.54, 1.807) is 18.6 Å². The van der Waals surface area contributed by atoms with E-state index in [-0.39, 0.29) is 0 Å². The molecular weight excluding hydrogens is 364 g/mol. The van der Waals surface area contributed by atoms with Gasteiger partial charge in [-0.2, -0.15) is 20.1 Å². The molecule has 0 spiro atoms. The van der Waals surface area contributed by atoms with Gasteiger partial charge in [0.2, 0.25) is 17.8 Å². The highest BCUT2D eigenvalue weighted by atomic mass is 15.4. The van der Waals surface area contributed by atoms with Gasteiger partial charge in [0.25, 0.3) is 0 Å². The molecule has 2 aliphatic rings. The van der Waals surface area contributed by atoms with Crippen molar-refractivity contribution < 1.29 is 0 Å². The second-order valence-corrected chi connectivity index (χ2v) is 7.72. The molecule has 8 nitrogen and oxygen atoms in total. The fraction of sp³-hybridized carbons (Fsp3) is 0.571. The number of hydrazone groups is 1. The van der Waals surface area contributed by atoms with E-state index in [1.807, 2.05) is 12.1 Å². The zero-order valence-electron chi connectivity index (χ0n) is 17.0. The van der Waals surface area contributed by atoms with Gasteiger partial charge < -0.3 is 9.80 Å². The smallest absolute Gasteiger partial charge is 0.250 e. The fourth-order valence-corrected chi connectivity index (χ4v) is 3.84. The number of hydrogen-bond acceptors (Lipinski definition) is 8. The van der Waals surface area contributed by atoms with Gasteiger partial charge in [-0.1, -0.05) is 31.7 Å². The summed E-state index contributed by atoms with van der Waals surface area (Å²) in [6.07, 6.45) is 15.1. The first kappa shape index (κ1) is 19.5. The zero-order chi connectivity index (χ0) is 19.7. The van der Waals surface area contributed by atoms with Crippen LogP contribution in [-0.2, 0) is 0 Å². The quantitative estimate of drug-likeness (QED) is 0.614. The van der Waals surface area contributed by atoms with Crippen LogP contribution in [0.3, 0.4) is 0 Å². The number of hydrogen-bond donors (Lipinski definition) is 1. The first-order valence-electron chi connectivity index (χ1n) is 10.8. The molecule has 4 rings (SSSR count). The van der Waals surface area contributed by atoms with Gasteiger partial charge in [-0.25, -0.2) is 5.43 Å². The lowest BCUT2D eigenvalue weighted by Crippen LogP contribution is -2.30. The Labute approximate surface area is 172 Å². The molecule has 0 amide bonds. The van der Waals surface area contributed by atoms with Gasteiger partial charge in [-0.05, 0) is 31.7 Å². The molecule has 2 aliphatic heterocycles. The van der Waals surface area contributed by atoms with E-state index in [0.29, 0.717) is 5.95 Å². The van der Waals surface area contributed by atoms with Crippen molar-refractivity contribution in [3.8, 4) is 0 Å². The Bertz CT molecular complexity index is 740. The summed E-state index contributed by atoms with van der Waals surface area (Å²) in [5, 5.41) is 4.32. The Morgan fingerprint density at radius 2 is 1.38 bits per heavy atom. The monoisotopic (exact) mass is 394 g/mol. The summed E-state index contributed by atoms with van der Waals surface area (Å²) < 4.78 is 0. The van der Waals surface area contributed by atoms with Crippen LogP contribution in [0.4, 0.5) is 17.8 Å². The molecular formula is C21H30N8. The van der Waals surface area contributed by atoms with Crippen LogP contribution in [0.2, 0.25) is 0 Å². The largest absolute Gasteiger partial charge is 0.341 e. The Morgan fingerprint density at radius 1 is 0.793 bits per heavy atom. The van der Waals surface area contributed by atoms with Crippen LogP contribution in [0.1, 0.15) is 56.9 Å². The topological polar surface area (TPSA) is 82.4 Å². The van der Waals surface area contributed by atoms with Gasteiger partial charge in [-0.15, -0.1) is 0 Å². The second kappa shape index (κ2) is 10.1. The van der Waals surface area contributed by atoms with Crippen LogP contribution in [-0.4, -0.2) is 52.3 Å². The van der Waals surface area contributed by atoms with Crippen molar-refractivity contribution in [3.05, 3.63) is 30.1 Å². The number of anilines is 3. The number of nitrogens with one attached hydrogen (secondary N) is 1. The maximum absolute atomic E-state index is 4.86. The highest BCUT2D eigenvalue weighted by Crippen LogP contribution is 2.22. The second-order valence-electron chi connectivity index (χ2n) is 7.72. The maximum atomic E-state index is 4.86. The summed E-state index contributed by atoms with van der Waals surface area (Å²) in [6, 6.07) is 3.84. The van der Waals surface area contributed by atoms with E-state index in [9.17, 15) is 0 Å². The molecule has 8 heteroatoms. The molecule has 2 aromatic heterocycles. The number of aromatic nitrogens is 4. The molecule has 0 bridgehead atoms. The van der Waals surface area contributed by atoms with Crippen molar-refractivity contribution >= 4 is 24.1 Å². The summed E-state index contributed by atoms with van der Waals surface area (Å²) in [5.41, 5.74) is 3.93. The Hall–Kier alpha value is -2.77. The first-order chi connectivity index (χ1) is 14.4. The summed E-state index contributed by atoms with van der Waals surface area (Å²) in [6.45, 7) is 4.01. The van der Waals surface area contributed by atoms with E-state index in [4.69, 9.17) is 4.98 Å². The molecule has 0 atom stereocenters. The van der Waals surface area contributed by atoms with Crippen LogP contribution in [0.25, 0.3) is 0 Å². The molecule has 0 unspecified atom stereocenters. The van der Waals surface area contributed by atoms with Crippen LogP contribution in [0, 0.1) is 0 Å². The van der Waals surface area contributed by atoms with Gasteiger partial charge in [0.15, 0.2) is 0 Å². The highest BCUT2D eigenvalue weighted by molar-refractivity contribution is 5.79. The molecule has 2 aromatic rings. The third-order valence-corrected chi connectivity index (χ3v) is 5.45. The fourth-order valence-electron chi connectivity index (χ4n) is 3.84. The summed E-state index contributed by atoms with van der Waals surface area (Å²) in [5.74, 6) is 2.03. The summed E-state index contributed by atoms with van der Waals surface area (Å²) >= 11 is 0. The van der Waals surface area contributed by atoms with E-state index in [1.165, 1.54) is 51.4 Å². The molecule has 2 saturated heterocycles. The lowest BCUT2D eigenvalue weighted by atomic mass is 10.2. The molecule has 29 heavy (non-hydrogen) atoms. The highest BCUT2D eigenvalue weighted by Gasteiger charge is 2.19. The SMILES string of the molecule is C(=NNc1nc(N2CCCCCC2)nc(N2CCCCCC2)n1)c1cccnc1. The predicted molar refractivity (Wildman–Crippen MR) is 117 cm³/mol. The van der Waals surface area contributed by atoms with Crippen LogP contribution in [0.15, 0.2) is 29.6 Å². The van der Waals surface area contributed by atoms with Crippen molar-refractivity contribution in [2.24, 2.45) is 5.10 Å². The molecule has 0 saturated carbocycles. The van der Waals surface area contributed by atoms with Crippen LogP contribution >= 0.6 is 0 Å². The van der Waals surface area contributed by atoms with Crippen LogP contribution < -0.4 is 15.2 Å². The molecule has 1 N–H and O–H groups in total. The maximum Gasteiger partial charge on any atom is 0.250 e. The van der Waals surface area contributed by atoms with Crippen molar-refractivity contribution in [2.45, 2.75) is 51.4 Å². The van der Waals surface area contributed by atoms with Crippen LogP contribution in [0.5, 0.6) is 0 Å². The molecule has 0 aliphatic carbocycles. The third-order valence-electron chi connectivity index (χ3n) is 5.45. The molecule has 0 aromatic carbocycles. The lowest BCUT2D eigenvalue weighted by Gasteiger charge is -2.24. The molecule has 4 heterocycles. The Kier molecular flexibility index (Phi) is 6.83. The van der Waals surface area contributed by atoms with Crippen molar-refractivity contribution in [1.29, 1.82) is 0 Å². The number of nitrogens with zero attached hydrogens (tertiary/aromatic N) is 7. The minimum absolute atomic E-state index is 0.499. The number of rotatable bonds is 5. The van der Waals surface area contributed by atoms with Crippen molar-refractivity contribution in [2.75, 3.05) is 41.4 Å². The average molecular weight is 395 g/mol. The van der Waals surface area contributed by atoms with Gasteiger partial charge in [0.05, 0.1) is 6.21 Å². The summed E-state index contributed by atoms with van der Waals surface area (Å²) in [7, 11) is 0. The van der Waals surface area contributed by atoms with Gasteiger partial charge in [0, 0.05) is 44.1 Å².